The SMILES string of the molecule is CC1(C)CC(=O)C2=C(C1)Nc1[nH]n(-c3ccccc3)c(=O)c1[C@H]2c1ccc(C(F)(F)F)cc1. The van der Waals surface area contributed by atoms with E-state index in [0.717, 1.165) is 12.1 Å². The van der Waals surface area contributed by atoms with E-state index < -0.39 is 17.7 Å². The Bertz CT molecular complexity index is 1330. The van der Waals surface area contributed by atoms with Gasteiger partial charge >= 0.3 is 6.18 Å². The van der Waals surface area contributed by atoms with Crippen molar-refractivity contribution in [2.24, 2.45) is 5.41 Å². The number of aromatic amines is 1. The molecule has 170 valence electrons. The van der Waals surface area contributed by atoms with E-state index in [0.29, 0.717) is 46.7 Å². The third-order valence-electron chi connectivity index (χ3n) is 6.29. The topological polar surface area (TPSA) is 66.9 Å². The largest absolute Gasteiger partial charge is 0.416 e. The number of fused-ring (bicyclic) bond motifs is 1. The molecule has 1 aliphatic carbocycles. The van der Waals surface area contributed by atoms with Crippen LogP contribution in [0, 0.1) is 5.41 Å². The van der Waals surface area contributed by atoms with Crippen molar-refractivity contribution in [3.63, 3.8) is 0 Å². The third kappa shape index (κ3) is 3.59. The van der Waals surface area contributed by atoms with Gasteiger partial charge in [-0.2, -0.15) is 13.2 Å². The maximum atomic E-state index is 13.5. The Hall–Kier alpha value is -3.55. The van der Waals surface area contributed by atoms with E-state index in [4.69, 9.17) is 0 Å². The van der Waals surface area contributed by atoms with Crippen LogP contribution in [0.15, 0.2) is 70.7 Å². The highest BCUT2D eigenvalue weighted by molar-refractivity contribution is 6.01. The molecule has 8 heteroatoms. The summed E-state index contributed by atoms with van der Waals surface area (Å²) in [4.78, 5) is 26.8. The first kappa shape index (κ1) is 21.3. The van der Waals surface area contributed by atoms with Gasteiger partial charge in [0.1, 0.15) is 5.82 Å². The lowest BCUT2D eigenvalue weighted by Gasteiger charge is -2.37. The predicted octanol–water partition coefficient (Wildman–Crippen LogP) is 5.39. The van der Waals surface area contributed by atoms with Gasteiger partial charge in [0, 0.05) is 23.6 Å². The van der Waals surface area contributed by atoms with E-state index in [1.165, 1.54) is 16.8 Å². The molecule has 1 atom stereocenters. The van der Waals surface area contributed by atoms with Gasteiger partial charge in [0.25, 0.3) is 5.56 Å². The zero-order chi connectivity index (χ0) is 23.5. The number of rotatable bonds is 2. The Kier molecular flexibility index (Phi) is 4.67. The van der Waals surface area contributed by atoms with Crippen LogP contribution in [0.2, 0.25) is 0 Å². The number of hydrogen-bond donors (Lipinski definition) is 2. The lowest BCUT2D eigenvalue weighted by Crippen LogP contribution is -2.35. The molecule has 33 heavy (non-hydrogen) atoms. The maximum Gasteiger partial charge on any atom is 0.416 e. The van der Waals surface area contributed by atoms with Crippen molar-refractivity contribution in [1.29, 1.82) is 0 Å². The summed E-state index contributed by atoms with van der Waals surface area (Å²) in [5, 5.41) is 6.35. The Balaban J connectivity index is 1.71. The van der Waals surface area contributed by atoms with Gasteiger partial charge in [0.05, 0.1) is 16.8 Å². The van der Waals surface area contributed by atoms with Gasteiger partial charge in [0.15, 0.2) is 5.78 Å². The monoisotopic (exact) mass is 453 g/mol. The van der Waals surface area contributed by atoms with Crippen LogP contribution < -0.4 is 10.9 Å². The van der Waals surface area contributed by atoms with Gasteiger partial charge in [-0.05, 0) is 41.7 Å². The molecule has 2 aliphatic rings. The molecule has 0 saturated heterocycles. The number of Topliss-reactive ketones (excluding diaryl/α,β-unsaturated/α-hetero) is 1. The molecule has 1 aliphatic heterocycles. The molecule has 0 bridgehead atoms. The Labute approximate surface area is 187 Å². The van der Waals surface area contributed by atoms with Crippen molar-refractivity contribution in [2.75, 3.05) is 5.32 Å². The van der Waals surface area contributed by atoms with Crippen molar-refractivity contribution in [1.82, 2.24) is 9.78 Å². The van der Waals surface area contributed by atoms with Crippen LogP contribution in [-0.2, 0) is 11.0 Å². The lowest BCUT2D eigenvalue weighted by atomic mass is 9.69. The second-order valence-electron chi connectivity index (χ2n) is 9.39. The van der Waals surface area contributed by atoms with E-state index in [-0.39, 0.29) is 16.8 Å². The molecule has 0 spiro atoms. The molecule has 2 N–H and O–H groups in total. The second-order valence-corrected chi connectivity index (χ2v) is 9.39. The number of hydrogen-bond acceptors (Lipinski definition) is 3. The van der Waals surface area contributed by atoms with Crippen molar-refractivity contribution < 1.29 is 18.0 Å². The molecule has 0 fully saturated rings. The highest BCUT2D eigenvalue weighted by atomic mass is 19.4. The summed E-state index contributed by atoms with van der Waals surface area (Å²) >= 11 is 0. The van der Waals surface area contributed by atoms with E-state index in [1.807, 2.05) is 19.9 Å². The fourth-order valence-electron chi connectivity index (χ4n) is 4.85. The van der Waals surface area contributed by atoms with Crippen LogP contribution in [0.5, 0.6) is 0 Å². The summed E-state index contributed by atoms with van der Waals surface area (Å²) in [6.07, 6.45) is -3.58. The molecular formula is C25H22F3N3O2. The molecule has 5 nitrogen and oxygen atoms in total. The highest BCUT2D eigenvalue weighted by Crippen LogP contribution is 2.48. The second kappa shape index (κ2) is 7.23. The fourth-order valence-corrected chi connectivity index (χ4v) is 4.85. The number of aromatic nitrogens is 2. The van der Waals surface area contributed by atoms with Crippen LogP contribution in [0.25, 0.3) is 5.69 Å². The number of H-pyrrole nitrogens is 1. The van der Waals surface area contributed by atoms with Gasteiger partial charge in [-0.25, -0.2) is 4.68 Å². The summed E-state index contributed by atoms with van der Waals surface area (Å²) in [6.45, 7) is 3.99. The molecule has 3 aromatic rings. The van der Waals surface area contributed by atoms with E-state index in [9.17, 15) is 22.8 Å². The smallest absolute Gasteiger partial charge is 0.343 e. The first-order valence-electron chi connectivity index (χ1n) is 10.7. The molecule has 2 heterocycles. The van der Waals surface area contributed by atoms with E-state index in [2.05, 4.69) is 10.4 Å². The minimum Gasteiger partial charge on any atom is -0.343 e. The number of allylic oxidation sites excluding steroid dienone is 2. The molecule has 0 amide bonds. The third-order valence-corrected chi connectivity index (χ3v) is 6.29. The number of para-hydroxylation sites is 1. The van der Waals surface area contributed by atoms with Crippen molar-refractivity contribution in [3.05, 3.63) is 92.9 Å². The van der Waals surface area contributed by atoms with E-state index >= 15 is 0 Å². The van der Waals surface area contributed by atoms with Gasteiger partial charge in [0.2, 0.25) is 0 Å². The lowest BCUT2D eigenvalue weighted by molar-refractivity contribution is -0.137. The zero-order valence-corrected chi connectivity index (χ0v) is 18.1. The van der Waals surface area contributed by atoms with Gasteiger partial charge in [-0.3, -0.25) is 14.7 Å². The first-order chi connectivity index (χ1) is 15.5. The van der Waals surface area contributed by atoms with Crippen molar-refractivity contribution in [2.45, 2.75) is 38.8 Å². The zero-order valence-electron chi connectivity index (χ0n) is 18.1. The number of halogens is 3. The quantitative estimate of drug-likeness (QED) is 0.547. The molecular weight excluding hydrogens is 431 g/mol. The number of anilines is 1. The number of carbonyl (C=O) groups is 1. The Morgan fingerprint density at radius 1 is 0.970 bits per heavy atom. The van der Waals surface area contributed by atoms with Gasteiger partial charge in [-0.15, -0.1) is 0 Å². The molecule has 0 saturated carbocycles. The summed E-state index contributed by atoms with van der Waals surface area (Å²) in [5.41, 5.74) is 1.18. The van der Waals surface area contributed by atoms with Gasteiger partial charge < -0.3 is 5.32 Å². The van der Waals surface area contributed by atoms with Crippen LogP contribution in [-0.4, -0.2) is 15.6 Å². The maximum absolute atomic E-state index is 13.5. The fraction of sp³-hybridized carbons (Fsp3) is 0.280. The van der Waals surface area contributed by atoms with Crippen molar-refractivity contribution >= 4 is 11.6 Å². The standard InChI is InChI=1S/C25H22F3N3O2/c1-24(2)12-17-20(18(32)13-24)19(14-8-10-15(11-9-14)25(26,27)28)21-22(29-17)30-31(23(21)33)16-6-4-3-5-7-16/h3-11,19,29-30H,12-13H2,1-2H3/t19-/m0/s1. The molecule has 0 radical (unpaired) electrons. The number of ketones is 1. The normalized spacial score (nSPS) is 19.7. The Morgan fingerprint density at radius 3 is 2.27 bits per heavy atom. The minimum atomic E-state index is -4.47. The summed E-state index contributed by atoms with van der Waals surface area (Å²) in [6, 6.07) is 13.7. The summed E-state index contributed by atoms with van der Waals surface area (Å²) in [7, 11) is 0. The highest BCUT2D eigenvalue weighted by Gasteiger charge is 2.43. The first-order valence-corrected chi connectivity index (χ1v) is 10.7. The molecule has 2 aromatic carbocycles. The number of nitrogens with zero attached hydrogens (tertiary/aromatic N) is 1. The molecule has 5 rings (SSSR count). The number of carbonyl (C=O) groups excluding carboxylic acids is 1. The number of nitrogens with one attached hydrogen (secondary N) is 2. The van der Waals surface area contributed by atoms with E-state index in [1.54, 1.807) is 24.3 Å². The van der Waals surface area contributed by atoms with Crippen molar-refractivity contribution in [3.8, 4) is 5.69 Å². The van der Waals surface area contributed by atoms with Gasteiger partial charge in [-0.1, -0.05) is 44.2 Å². The van der Waals surface area contributed by atoms with Crippen LogP contribution >= 0.6 is 0 Å². The number of benzene rings is 2. The average Bonchev–Trinajstić information content (AvgIpc) is 3.07. The molecule has 1 aromatic heterocycles. The predicted molar refractivity (Wildman–Crippen MR) is 118 cm³/mol. The van der Waals surface area contributed by atoms with Crippen LogP contribution in [0.3, 0.4) is 0 Å². The Morgan fingerprint density at radius 2 is 1.64 bits per heavy atom. The molecule has 0 unspecified atom stereocenters. The minimum absolute atomic E-state index is 0.101. The number of alkyl halides is 3. The van der Waals surface area contributed by atoms with Crippen LogP contribution in [0.1, 0.15) is 49.3 Å². The van der Waals surface area contributed by atoms with Crippen LogP contribution in [0.4, 0.5) is 19.0 Å². The summed E-state index contributed by atoms with van der Waals surface area (Å²) in [5.74, 6) is -0.398. The average molecular weight is 453 g/mol. The summed E-state index contributed by atoms with van der Waals surface area (Å²) < 4.78 is 40.8.